The second kappa shape index (κ2) is 12.3. The van der Waals surface area contributed by atoms with E-state index in [1.54, 1.807) is 30.2 Å². The van der Waals surface area contributed by atoms with Crippen LogP contribution in [0.5, 0.6) is 0 Å². The van der Waals surface area contributed by atoms with Crippen LogP contribution in [0.25, 0.3) is 0 Å². The monoisotopic (exact) mass is 600 g/mol. The highest BCUT2D eigenvalue weighted by molar-refractivity contribution is 7.92. The van der Waals surface area contributed by atoms with Gasteiger partial charge in [0.2, 0.25) is 10.0 Å². The van der Waals surface area contributed by atoms with Crippen molar-refractivity contribution in [2.45, 2.75) is 81.2 Å². The summed E-state index contributed by atoms with van der Waals surface area (Å²) in [6, 6.07) is 6.89. The molecule has 1 aromatic rings. The number of aliphatic hydroxyl groups is 1. The van der Waals surface area contributed by atoms with Crippen LogP contribution in [0.4, 0.5) is 10.5 Å². The summed E-state index contributed by atoms with van der Waals surface area (Å²) in [4.78, 5) is 14.7. The Bertz CT molecular complexity index is 1140. The first-order valence-corrected chi connectivity index (χ1v) is 16.4. The molecule has 0 aromatic heterocycles. The first-order chi connectivity index (χ1) is 18.8. The molecule has 4 rings (SSSR count). The Morgan fingerprint density at radius 1 is 1.30 bits per heavy atom. The molecule has 226 valence electrons. The van der Waals surface area contributed by atoms with E-state index in [1.807, 2.05) is 13.0 Å². The number of ether oxygens (including phenoxy) is 4. The summed E-state index contributed by atoms with van der Waals surface area (Å²) in [7, 11) is -1.92. The lowest BCUT2D eigenvalue weighted by molar-refractivity contribution is -0.181. The topological polar surface area (TPSA) is 127 Å². The highest BCUT2D eigenvalue weighted by Gasteiger charge is 2.69. The number of benzene rings is 1. The van der Waals surface area contributed by atoms with Gasteiger partial charge in [-0.1, -0.05) is 26.0 Å². The molecule has 2 aliphatic heterocycles. The maximum Gasteiger partial charge on any atom is 0.410 e. The summed E-state index contributed by atoms with van der Waals surface area (Å²) >= 11 is 4.93. The van der Waals surface area contributed by atoms with Gasteiger partial charge in [-0.2, -0.15) is 12.6 Å². The predicted octanol–water partition coefficient (Wildman–Crippen LogP) is 3.62. The molecule has 12 heteroatoms. The molecule has 7 atom stereocenters. The molecule has 0 bridgehead atoms. The van der Waals surface area contributed by atoms with Crippen molar-refractivity contribution in [2.24, 2.45) is 11.8 Å². The molecule has 2 saturated heterocycles. The molecule has 1 aromatic carbocycles. The normalized spacial score (nSPS) is 33.5. The molecule has 7 unspecified atom stereocenters. The molecular weight excluding hydrogens is 556 g/mol. The molecule has 3 fully saturated rings. The number of hydrogen-bond donors (Lipinski definition) is 3. The molecule has 1 aliphatic carbocycles. The van der Waals surface area contributed by atoms with Crippen molar-refractivity contribution < 1.29 is 37.3 Å². The highest BCUT2D eigenvalue weighted by Crippen LogP contribution is 2.59. The summed E-state index contributed by atoms with van der Waals surface area (Å²) in [5, 5.41) is 11.8. The number of rotatable bonds is 10. The fraction of sp³-hybridized carbons (Fsp3) is 0.750. The third-order valence-electron chi connectivity index (χ3n) is 8.44. The van der Waals surface area contributed by atoms with E-state index in [4.69, 9.17) is 31.6 Å². The highest BCUT2D eigenvalue weighted by atomic mass is 32.2. The van der Waals surface area contributed by atoms with Crippen molar-refractivity contribution >= 4 is 34.4 Å². The van der Waals surface area contributed by atoms with Gasteiger partial charge >= 0.3 is 6.09 Å². The van der Waals surface area contributed by atoms with Crippen LogP contribution in [-0.4, -0.2) is 93.7 Å². The zero-order valence-electron chi connectivity index (χ0n) is 24.0. The Hall–Kier alpha value is -1.57. The second-order valence-corrected chi connectivity index (χ2v) is 14.2. The zero-order chi connectivity index (χ0) is 29.3. The van der Waals surface area contributed by atoms with Gasteiger partial charge in [-0.05, 0) is 56.2 Å². The fourth-order valence-corrected chi connectivity index (χ4v) is 7.34. The minimum atomic E-state index is -3.48. The molecule has 1 amide bonds. The van der Waals surface area contributed by atoms with Crippen LogP contribution in [0.2, 0.25) is 0 Å². The summed E-state index contributed by atoms with van der Waals surface area (Å²) < 4.78 is 49.9. The first-order valence-electron chi connectivity index (χ1n) is 14.0. The number of thiol groups is 1. The predicted molar refractivity (Wildman–Crippen MR) is 155 cm³/mol. The number of methoxy groups -OCH3 is 1. The molecule has 3 aliphatic rings. The average Bonchev–Trinajstić information content (AvgIpc) is 3.57. The van der Waals surface area contributed by atoms with E-state index < -0.39 is 50.7 Å². The minimum absolute atomic E-state index is 0.0865. The zero-order valence-corrected chi connectivity index (χ0v) is 25.7. The van der Waals surface area contributed by atoms with Crippen LogP contribution in [0.1, 0.15) is 57.3 Å². The lowest BCUT2D eigenvalue weighted by Crippen LogP contribution is -2.62. The SMILES string of the molecule is COC1C(OC(=O)N2CCOCC2)CCC(O)(C(S)c2cccc(NS(C)(=O)=O)c2)C1C1(C)OC1CCC(C)C. The van der Waals surface area contributed by atoms with Crippen LogP contribution >= 0.6 is 12.6 Å². The third-order valence-corrected chi connectivity index (χ3v) is 9.79. The van der Waals surface area contributed by atoms with Gasteiger partial charge in [0.25, 0.3) is 0 Å². The van der Waals surface area contributed by atoms with Crippen molar-refractivity contribution in [3.63, 3.8) is 0 Å². The number of carbonyl (C=O) groups excluding carboxylic acids is 1. The number of hydrogen-bond acceptors (Lipinski definition) is 9. The van der Waals surface area contributed by atoms with Crippen molar-refractivity contribution in [1.29, 1.82) is 0 Å². The van der Waals surface area contributed by atoms with Crippen LogP contribution in [0.3, 0.4) is 0 Å². The Kier molecular flexibility index (Phi) is 9.68. The average molecular weight is 601 g/mol. The summed E-state index contributed by atoms with van der Waals surface area (Å²) in [5.41, 5.74) is -1.08. The van der Waals surface area contributed by atoms with Crippen LogP contribution < -0.4 is 4.72 Å². The quantitative estimate of drug-likeness (QED) is 0.275. The van der Waals surface area contributed by atoms with E-state index in [1.165, 1.54) is 0 Å². The number of nitrogens with zero attached hydrogens (tertiary/aromatic N) is 1. The van der Waals surface area contributed by atoms with Gasteiger partial charge in [0.15, 0.2) is 0 Å². The van der Waals surface area contributed by atoms with Crippen LogP contribution in [0.15, 0.2) is 24.3 Å². The van der Waals surface area contributed by atoms with Crippen molar-refractivity contribution in [3.8, 4) is 0 Å². The van der Waals surface area contributed by atoms with Gasteiger partial charge in [-0.25, -0.2) is 13.2 Å². The van der Waals surface area contributed by atoms with E-state index in [9.17, 15) is 18.3 Å². The van der Waals surface area contributed by atoms with Gasteiger partial charge in [0, 0.05) is 25.9 Å². The number of nitrogens with one attached hydrogen (secondary N) is 1. The molecule has 2 heterocycles. The molecule has 10 nitrogen and oxygen atoms in total. The summed E-state index contributed by atoms with van der Waals surface area (Å²) in [5.74, 6) is -0.0747. The maximum absolute atomic E-state index is 13.0. The molecule has 0 spiro atoms. The van der Waals surface area contributed by atoms with E-state index in [0.29, 0.717) is 49.9 Å². The second-order valence-electron chi connectivity index (χ2n) is 11.9. The van der Waals surface area contributed by atoms with Crippen LogP contribution in [-0.2, 0) is 29.0 Å². The summed E-state index contributed by atoms with van der Waals surface area (Å²) in [6.07, 6.45) is 1.81. The van der Waals surface area contributed by atoms with Gasteiger partial charge in [-0.15, -0.1) is 0 Å². The van der Waals surface area contributed by atoms with Crippen molar-refractivity contribution in [3.05, 3.63) is 29.8 Å². The Morgan fingerprint density at radius 3 is 2.62 bits per heavy atom. The number of anilines is 1. The Morgan fingerprint density at radius 2 is 2.00 bits per heavy atom. The van der Waals surface area contributed by atoms with Gasteiger partial charge < -0.3 is 29.0 Å². The molecule has 40 heavy (non-hydrogen) atoms. The van der Waals surface area contributed by atoms with Crippen LogP contribution in [0, 0.1) is 11.8 Å². The summed E-state index contributed by atoms with van der Waals surface area (Å²) in [6.45, 7) is 8.18. The van der Waals surface area contributed by atoms with E-state index >= 15 is 0 Å². The Labute approximate surface area is 243 Å². The molecule has 0 radical (unpaired) electrons. The number of amides is 1. The Balaban J connectivity index is 1.64. The van der Waals surface area contributed by atoms with Gasteiger partial charge in [-0.3, -0.25) is 4.72 Å². The smallest absolute Gasteiger partial charge is 0.410 e. The minimum Gasteiger partial charge on any atom is -0.443 e. The maximum atomic E-state index is 13.0. The molecular formula is C28H44N2O8S2. The third kappa shape index (κ3) is 6.90. The lowest BCUT2D eigenvalue weighted by Gasteiger charge is -2.51. The largest absolute Gasteiger partial charge is 0.443 e. The molecule has 1 saturated carbocycles. The lowest BCUT2D eigenvalue weighted by atomic mass is 9.63. The van der Waals surface area contributed by atoms with Crippen molar-refractivity contribution in [2.75, 3.05) is 44.4 Å². The van der Waals surface area contributed by atoms with E-state index in [2.05, 4.69) is 18.6 Å². The van der Waals surface area contributed by atoms with Gasteiger partial charge in [0.1, 0.15) is 17.8 Å². The van der Waals surface area contributed by atoms with E-state index in [-0.39, 0.29) is 12.5 Å². The standard InChI is InChI=1S/C28H44N2O8S2/c1-18(2)9-10-22-27(3,38-22)24-23(35-4)21(37-26(31)30-13-15-36-16-14-30)11-12-28(24,32)25(39)19-7-6-8-20(17-19)29-40(5,33)34/h6-8,17-18,21-25,29,32,39H,9-16H2,1-5H3. The number of epoxide rings is 1. The molecule has 2 N–H and O–H groups in total. The number of sulfonamides is 1. The van der Waals surface area contributed by atoms with E-state index in [0.717, 1.165) is 19.1 Å². The fourth-order valence-electron chi connectivity index (χ4n) is 6.34. The van der Waals surface area contributed by atoms with Crippen molar-refractivity contribution in [1.82, 2.24) is 4.90 Å². The number of carbonyl (C=O) groups is 1. The number of morpholine rings is 1. The first kappa shape index (κ1) is 31.4. The van der Waals surface area contributed by atoms with Gasteiger partial charge in [0.05, 0.1) is 42.3 Å².